The van der Waals surface area contributed by atoms with Crippen molar-refractivity contribution in [2.24, 2.45) is 0 Å². The second kappa shape index (κ2) is 5.30. The Kier molecular flexibility index (Phi) is 3.78. The molecule has 2 aromatic rings. The van der Waals surface area contributed by atoms with Crippen molar-refractivity contribution in [2.45, 2.75) is 6.92 Å². The van der Waals surface area contributed by atoms with Crippen LogP contribution in [0.5, 0.6) is 0 Å². The second-order valence-corrected chi connectivity index (χ2v) is 4.93. The summed E-state index contributed by atoms with van der Waals surface area (Å²) in [5, 5.41) is 0. The molecule has 80 valence electrons. The first-order chi connectivity index (χ1) is 7.75. The Morgan fingerprint density at radius 3 is 2.19 bits per heavy atom. The molecule has 0 unspecified atom stereocenters. The first kappa shape index (κ1) is 11.4. The lowest BCUT2D eigenvalue weighted by atomic mass is 10.1. The van der Waals surface area contributed by atoms with Crippen LogP contribution < -0.4 is 0 Å². The van der Waals surface area contributed by atoms with E-state index in [1.54, 1.807) is 0 Å². The molecule has 0 saturated carbocycles. The Labute approximate surface area is 110 Å². The first-order valence-electron chi connectivity index (χ1n) is 5.25. The van der Waals surface area contributed by atoms with Crippen LogP contribution in [0.2, 0.25) is 0 Å². The monoisotopic (exact) mass is 320 g/mol. The summed E-state index contributed by atoms with van der Waals surface area (Å²) in [5.41, 5.74) is 3.81. The molecule has 0 aliphatic carbocycles. The van der Waals surface area contributed by atoms with Crippen LogP contribution in [0.15, 0.2) is 54.6 Å². The van der Waals surface area contributed by atoms with Gasteiger partial charge in [0.25, 0.3) is 0 Å². The van der Waals surface area contributed by atoms with E-state index < -0.39 is 0 Å². The maximum Gasteiger partial charge on any atom is 0.0208 e. The molecule has 0 amide bonds. The Morgan fingerprint density at radius 1 is 0.938 bits per heavy atom. The number of halogens is 1. The minimum atomic E-state index is 1.25. The predicted octanol–water partition coefficient (Wildman–Crippen LogP) is 4.93. The molecule has 0 spiro atoms. The highest BCUT2D eigenvalue weighted by Crippen LogP contribution is 2.24. The van der Waals surface area contributed by atoms with E-state index in [-0.39, 0.29) is 0 Å². The van der Waals surface area contributed by atoms with Crippen molar-refractivity contribution < 1.29 is 0 Å². The highest BCUT2D eigenvalue weighted by molar-refractivity contribution is 14.1. The van der Waals surface area contributed by atoms with Crippen molar-refractivity contribution in [1.82, 2.24) is 0 Å². The first-order valence-corrected chi connectivity index (χ1v) is 6.33. The van der Waals surface area contributed by atoms with E-state index in [9.17, 15) is 0 Å². The van der Waals surface area contributed by atoms with Crippen LogP contribution in [0.4, 0.5) is 0 Å². The second-order valence-electron chi connectivity index (χ2n) is 3.77. The third kappa shape index (κ3) is 2.95. The smallest absolute Gasteiger partial charge is 0.0208 e. The summed E-state index contributed by atoms with van der Waals surface area (Å²) in [5.74, 6) is 0. The van der Waals surface area contributed by atoms with Gasteiger partial charge < -0.3 is 0 Å². The van der Waals surface area contributed by atoms with Gasteiger partial charge in [-0.05, 0) is 46.7 Å². The number of aryl methyl sites for hydroxylation is 1. The molecule has 0 nitrogen and oxygen atoms in total. The zero-order valence-corrected chi connectivity index (χ0v) is 11.3. The lowest BCUT2D eigenvalue weighted by Gasteiger charge is -2.00. The van der Waals surface area contributed by atoms with Crippen LogP contribution >= 0.6 is 22.6 Å². The van der Waals surface area contributed by atoms with Crippen LogP contribution in [-0.4, -0.2) is 0 Å². The zero-order chi connectivity index (χ0) is 11.4. The minimum absolute atomic E-state index is 1.25. The fourth-order valence-corrected chi connectivity index (χ4v) is 2.21. The molecule has 0 saturated heterocycles. The third-order valence-electron chi connectivity index (χ3n) is 2.42. The third-order valence-corrected chi connectivity index (χ3v) is 3.35. The molecule has 0 aromatic heterocycles. The summed E-state index contributed by atoms with van der Waals surface area (Å²) >= 11 is 2.38. The van der Waals surface area contributed by atoms with E-state index in [2.05, 4.69) is 84.1 Å². The zero-order valence-electron chi connectivity index (χ0n) is 9.15. The highest BCUT2D eigenvalue weighted by Gasteiger charge is 1.96. The number of benzene rings is 2. The van der Waals surface area contributed by atoms with Gasteiger partial charge in [0.05, 0.1) is 0 Å². The molecule has 0 aliphatic heterocycles. The van der Waals surface area contributed by atoms with Gasteiger partial charge in [0, 0.05) is 3.58 Å². The fraction of sp³-hybridized carbons (Fsp3) is 0.0667. The van der Waals surface area contributed by atoms with Gasteiger partial charge in [0.2, 0.25) is 0 Å². The standard InChI is InChI=1S/C15H13I/c1-12-7-9-13(10-8-12)11-15(16)14-5-3-2-4-6-14/h2-11H,1H3/b15-11-. The van der Waals surface area contributed by atoms with Gasteiger partial charge >= 0.3 is 0 Å². The largest absolute Gasteiger partial charge is 0.0622 e. The van der Waals surface area contributed by atoms with Crippen LogP contribution in [0.1, 0.15) is 16.7 Å². The van der Waals surface area contributed by atoms with Gasteiger partial charge in [0.1, 0.15) is 0 Å². The molecule has 0 N–H and O–H groups in total. The van der Waals surface area contributed by atoms with Crippen molar-refractivity contribution in [1.29, 1.82) is 0 Å². The SMILES string of the molecule is Cc1ccc(/C=C(\I)c2ccccc2)cc1. The van der Waals surface area contributed by atoms with Crippen LogP contribution in [0.25, 0.3) is 9.66 Å². The number of rotatable bonds is 2. The van der Waals surface area contributed by atoms with Gasteiger partial charge in [0.15, 0.2) is 0 Å². The molecule has 0 radical (unpaired) electrons. The quantitative estimate of drug-likeness (QED) is 0.544. The van der Waals surface area contributed by atoms with Gasteiger partial charge in [-0.2, -0.15) is 0 Å². The van der Waals surface area contributed by atoms with E-state index in [0.29, 0.717) is 0 Å². The van der Waals surface area contributed by atoms with Crippen molar-refractivity contribution in [2.75, 3.05) is 0 Å². The summed E-state index contributed by atoms with van der Waals surface area (Å²) in [6, 6.07) is 19.0. The Hall–Kier alpha value is -1.09. The fourth-order valence-electron chi connectivity index (χ4n) is 1.49. The van der Waals surface area contributed by atoms with E-state index in [1.165, 1.54) is 20.3 Å². The van der Waals surface area contributed by atoms with Gasteiger partial charge in [-0.15, -0.1) is 0 Å². The summed E-state index contributed by atoms with van der Waals surface area (Å²) in [6.07, 6.45) is 2.20. The average Bonchev–Trinajstić information content (AvgIpc) is 2.33. The Bertz CT molecular complexity index is 481. The molecule has 2 aromatic carbocycles. The molecule has 0 heterocycles. The highest BCUT2D eigenvalue weighted by atomic mass is 127. The maximum absolute atomic E-state index is 2.38. The van der Waals surface area contributed by atoms with Crippen molar-refractivity contribution in [3.8, 4) is 0 Å². The van der Waals surface area contributed by atoms with Crippen molar-refractivity contribution in [3.63, 3.8) is 0 Å². The van der Waals surface area contributed by atoms with Crippen LogP contribution in [0.3, 0.4) is 0 Å². The maximum atomic E-state index is 2.38. The molecule has 0 aliphatic rings. The van der Waals surface area contributed by atoms with Crippen LogP contribution in [0, 0.1) is 6.92 Å². The lowest BCUT2D eigenvalue weighted by molar-refractivity contribution is 1.46. The molecule has 0 fully saturated rings. The normalized spacial score (nSPS) is 11.5. The molecule has 1 heteroatoms. The van der Waals surface area contributed by atoms with E-state index in [0.717, 1.165) is 0 Å². The summed E-state index contributed by atoms with van der Waals surface area (Å²) in [7, 11) is 0. The van der Waals surface area contributed by atoms with Crippen LogP contribution in [-0.2, 0) is 0 Å². The van der Waals surface area contributed by atoms with E-state index in [4.69, 9.17) is 0 Å². The Balaban J connectivity index is 2.28. The van der Waals surface area contributed by atoms with Crippen molar-refractivity contribution >= 4 is 32.2 Å². The Morgan fingerprint density at radius 2 is 1.56 bits per heavy atom. The summed E-state index contributed by atoms with van der Waals surface area (Å²) < 4.78 is 1.27. The molecule has 0 bridgehead atoms. The number of hydrogen-bond donors (Lipinski definition) is 0. The van der Waals surface area contributed by atoms with Gasteiger partial charge in [-0.3, -0.25) is 0 Å². The lowest BCUT2D eigenvalue weighted by Crippen LogP contribution is -1.77. The average molecular weight is 320 g/mol. The van der Waals surface area contributed by atoms with Gasteiger partial charge in [-0.25, -0.2) is 0 Å². The molecular formula is C15H13I. The minimum Gasteiger partial charge on any atom is -0.0622 e. The topological polar surface area (TPSA) is 0 Å². The number of hydrogen-bond acceptors (Lipinski definition) is 0. The molecular weight excluding hydrogens is 307 g/mol. The molecule has 16 heavy (non-hydrogen) atoms. The summed E-state index contributed by atoms with van der Waals surface area (Å²) in [6.45, 7) is 2.11. The van der Waals surface area contributed by atoms with E-state index >= 15 is 0 Å². The predicted molar refractivity (Wildman–Crippen MR) is 79.5 cm³/mol. The van der Waals surface area contributed by atoms with E-state index in [1.807, 2.05) is 6.07 Å². The molecule has 2 rings (SSSR count). The molecule has 0 atom stereocenters. The van der Waals surface area contributed by atoms with Crippen molar-refractivity contribution in [3.05, 3.63) is 71.3 Å². The summed E-state index contributed by atoms with van der Waals surface area (Å²) in [4.78, 5) is 0. The van der Waals surface area contributed by atoms with Gasteiger partial charge in [-0.1, -0.05) is 60.2 Å².